The second-order valence-corrected chi connectivity index (χ2v) is 4.18. The molecule has 1 saturated heterocycles. The van der Waals surface area contributed by atoms with Gasteiger partial charge in [-0.1, -0.05) is 6.92 Å². The van der Waals surface area contributed by atoms with Crippen LogP contribution in [0.1, 0.15) is 26.7 Å². The third-order valence-corrected chi connectivity index (χ3v) is 3.12. The molecule has 0 aromatic carbocycles. The molecule has 1 heterocycles. The molecule has 4 nitrogen and oxygen atoms in total. The third-order valence-electron chi connectivity index (χ3n) is 3.12. The Hall–Kier alpha value is -0.610. The van der Waals surface area contributed by atoms with Gasteiger partial charge < -0.3 is 10.6 Å². The molecule has 15 heavy (non-hydrogen) atoms. The van der Waals surface area contributed by atoms with Gasteiger partial charge in [0.2, 0.25) is 5.91 Å². The van der Waals surface area contributed by atoms with Crippen LogP contribution in [0.4, 0.5) is 0 Å². The van der Waals surface area contributed by atoms with Crippen molar-refractivity contribution in [3.05, 3.63) is 0 Å². The molecule has 88 valence electrons. The lowest BCUT2D eigenvalue weighted by Crippen LogP contribution is -2.52. The Morgan fingerprint density at radius 2 is 2.33 bits per heavy atom. The summed E-state index contributed by atoms with van der Waals surface area (Å²) in [5.41, 5.74) is 0. The van der Waals surface area contributed by atoms with Crippen molar-refractivity contribution in [1.82, 2.24) is 15.5 Å². The van der Waals surface area contributed by atoms with E-state index in [1.54, 1.807) is 7.05 Å². The van der Waals surface area contributed by atoms with Gasteiger partial charge in [0.15, 0.2) is 0 Å². The molecular formula is C11H23N3O. The van der Waals surface area contributed by atoms with Crippen LogP contribution in [0.15, 0.2) is 0 Å². The van der Waals surface area contributed by atoms with Gasteiger partial charge in [-0.3, -0.25) is 9.69 Å². The highest BCUT2D eigenvalue weighted by Gasteiger charge is 2.26. The summed E-state index contributed by atoms with van der Waals surface area (Å²) in [4.78, 5) is 13.8. The number of likely N-dealkylation sites (N-methyl/N-ethyl adjacent to an activating group) is 2. The summed E-state index contributed by atoms with van der Waals surface area (Å²) < 4.78 is 0. The maximum atomic E-state index is 11.5. The van der Waals surface area contributed by atoms with Gasteiger partial charge in [0.1, 0.15) is 0 Å². The average molecular weight is 213 g/mol. The first-order chi connectivity index (χ1) is 7.19. The van der Waals surface area contributed by atoms with E-state index in [-0.39, 0.29) is 11.9 Å². The van der Waals surface area contributed by atoms with Gasteiger partial charge in [-0.15, -0.1) is 0 Å². The van der Waals surface area contributed by atoms with E-state index in [0.29, 0.717) is 6.04 Å². The first-order valence-corrected chi connectivity index (χ1v) is 5.88. The lowest BCUT2D eigenvalue weighted by atomic mass is 10.0. The van der Waals surface area contributed by atoms with E-state index in [1.165, 1.54) is 12.8 Å². The van der Waals surface area contributed by atoms with Crippen molar-refractivity contribution >= 4 is 5.91 Å². The Balaban J connectivity index is 2.44. The second kappa shape index (κ2) is 6.08. The maximum Gasteiger partial charge on any atom is 0.236 e. The maximum absolute atomic E-state index is 11.5. The zero-order valence-corrected chi connectivity index (χ0v) is 10.0. The van der Waals surface area contributed by atoms with Crippen molar-refractivity contribution in [2.45, 2.75) is 38.8 Å². The summed E-state index contributed by atoms with van der Waals surface area (Å²) in [5.74, 6) is 0.118. The minimum atomic E-state index is -0.00328. The number of hydrogen-bond donors (Lipinski definition) is 2. The molecule has 2 N–H and O–H groups in total. The number of rotatable bonds is 4. The van der Waals surface area contributed by atoms with Crippen molar-refractivity contribution in [2.24, 2.45) is 0 Å². The highest BCUT2D eigenvalue weighted by molar-refractivity contribution is 5.80. The highest BCUT2D eigenvalue weighted by Crippen LogP contribution is 2.12. The number of carbonyl (C=O) groups is 1. The van der Waals surface area contributed by atoms with E-state index in [2.05, 4.69) is 22.5 Å². The van der Waals surface area contributed by atoms with E-state index in [4.69, 9.17) is 0 Å². The molecule has 1 aliphatic heterocycles. The van der Waals surface area contributed by atoms with E-state index in [9.17, 15) is 4.79 Å². The van der Waals surface area contributed by atoms with Crippen molar-refractivity contribution in [3.8, 4) is 0 Å². The molecule has 1 aliphatic rings. The number of nitrogens with zero attached hydrogens (tertiary/aromatic N) is 1. The SMILES string of the molecule is CCNC1CCCN(C(C)C(=O)NC)C1. The van der Waals surface area contributed by atoms with Gasteiger partial charge in [-0.05, 0) is 32.9 Å². The highest BCUT2D eigenvalue weighted by atomic mass is 16.2. The quantitative estimate of drug-likeness (QED) is 0.701. The van der Waals surface area contributed by atoms with Crippen LogP contribution in [0.2, 0.25) is 0 Å². The number of likely N-dealkylation sites (tertiary alicyclic amines) is 1. The summed E-state index contributed by atoms with van der Waals surface area (Å²) in [7, 11) is 1.70. The number of piperidine rings is 1. The van der Waals surface area contributed by atoms with Crippen LogP contribution in [0.3, 0.4) is 0 Å². The molecule has 0 spiro atoms. The molecular weight excluding hydrogens is 190 g/mol. The van der Waals surface area contributed by atoms with Crippen LogP contribution >= 0.6 is 0 Å². The molecule has 1 rings (SSSR count). The summed E-state index contributed by atoms with van der Waals surface area (Å²) >= 11 is 0. The minimum Gasteiger partial charge on any atom is -0.358 e. The molecule has 0 radical (unpaired) electrons. The van der Waals surface area contributed by atoms with Crippen LogP contribution in [0.25, 0.3) is 0 Å². The molecule has 2 atom stereocenters. The molecule has 0 aliphatic carbocycles. The largest absolute Gasteiger partial charge is 0.358 e. The van der Waals surface area contributed by atoms with Crippen molar-refractivity contribution in [3.63, 3.8) is 0 Å². The molecule has 0 bridgehead atoms. The fourth-order valence-corrected chi connectivity index (χ4v) is 2.19. The van der Waals surface area contributed by atoms with Crippen molar-refractivity contribution in [1.29, 1.82) is 0 Å². The van der Waals surface area contributed by atoms with E-state index < -0.39 is 0 Å². The number of carbonyl (C=O) groups excluding carboxylic acids is 1. The first kappa shape index (κ1) is 12.5. The van der Waals surface area contributed by atoms with E-state index >= 15 is 0 Å². The fraction of sp³-hybridized carbons (Fsp3) is 0.909. The van der Waals surface area contributed by atoms with Crippen LogP contribution < -0.4 is 10.6 Å². The van der Waals surface area contributed by atoms with Gasteiger partial charge in [-0.2, -0.15) is 0 Å². The monoisotopic (exact) mass is 213 g/mol. The lowest BCUT2D eigenvalue weighted by Gasteiger charge is -2.36. The Bertz CT molecular complexity index is 206. The van der Waals surface area contributed by atoms with E-state index in [0.717, 1.165) is 19.6 Å². The predicted octanol–water partition coefficient (Wildman–Crippen LogP) is 0.195. The topological polar surface area (TPSA) is 44.4 Å². The van der Waals surface area contributed by atoms with Gasteiger partial charge in [-0.25, -0.2) is 0 Å². The summed E-state index contributed by atoms with van der Waals surface area (Å²) in [6.45, 7) is 7.14. The second-order valence-electron chi connectivity index (χ2n) is 4.18. The van der Waals surface area contributed by atoms with Gasteiger partial charge in [0, 0.05) is 19.6 Å². The summed E-state index contributed by atoms with van der Waals surface area (Å²) in [6.07, 6.45) is 2.41. The van der Waals surface area contributed by atoms with Crippen LogP contribution in [0, 0.1) is 0 Å². The molecule has 1 fully saturated rings. The molecule has 0 saturated carbocycles. The van der Waals surface area contributed by atoms with Gasteiger partial charge in [0.25, 0.3) is 0 Å². The fourth-order valence-electron chi connectivity index (χ4n) is 2.19. The standard InChI is InChI=1S/C11H23N3O/c1-4-13-10-6-5-7-14(8-10)9(2)11(15)12-3/h9-10,13H,4-8H2,1-3H3,(H,12,15). The smallest absolute Gasteiger partial charge is 0.236 e. The Kier molecular flexibility index (Phi) is 5.05. The number of amides is 1. The predicted molar refractivity (Wildman–Crippen MR) is 61.8 cm³/mol. The summed E-state index contributed by atoms with van der Waals surface area (Å²) in [6, 6.07) is 0.548. The Morgan fingerprint density at radius 1 is 1.60 bits per heavy atom. The first-order valence-electron chi connectivity index (χ1n) is 5.88. The molecule has 0 aromatic heterocycles. The normalized spacial score (nSPS) is 24.9. The van der Waals surface area contributed by atoms with Crippen LogP contribution in [-0.4, -0.2) is 49.6 Å². The van der Waals surface area contributed by atoms with Gasteiger partial charge in [0.05, 0.1) is 6.04 Å². The average Bonchev–Trinajstić information content (AvgIpc) is 2.28. The Labute approximate surface area is 92.4 Å². The Morgan fingerprint density at radius 3 is 2.93 bits per heavy atom. The van der Waals surface area contributed by atoms with E-state index in [1.807, 2.05) is 6.92 Å². The number of hydrogen-bond acceptors (Lipinski definition) is 3. The third kappa shape index (κ3) is 3.47. The molecule has 4 heteroatoms. The molecule has 1 amide bonds. The van der Waals surface area contributed by atoms with Crippen molar-refractivity contribution in [2.75, 3.05) is 26.7 Å². The molecule has 2 unspecified atom stereocenters. The van der Waals surface area contributed by atoms with Crippen LogP contribution in [0.5, 0.6) is 0 Å². The zero-order chi connectivity index (χ0) is 11.3. The van der Waals surface area contributed by atoms with Crippen molar-refractivity contribution < 1.29 is 4.79 Å². The van der Waals surface area contributed by atoms with Crippen LogP contribution in [-0.2, 0) is 4.79 Å². The zero-order valence-electron chi connectivity index (χ0n) is 10.0. The number of nitrogens with one attached hydrogen (secondary N) is 2. The molecule has 0 aromatic rings. The van der Waals surface area contributed by atoms with Gasteiger partial charge >= 0.3 is 0 Å². The summed E-state index contributed by atoms with van der Waals surface area (Å²) in [5, 5.41) is 6.16. The minimum absolute atomic E-state index is 0.00328. The lowest BCUT2D eigenvalue weighted by molar-refractivity contribution is -0.125.